The summed E-state index contributed by atoms with van der Waals surface area (Å²) in [5, 5.41) is 2.83. The maximum absolute atomic E-state index is 13.5. The SMILES string of the molecule is CC(C)(C(=O)N1CCCC1C(N)c1ccc(C(=O)Nc2ccncc2)cc1)c1ccc(F)cc1. The van der Waals surface area contributed by atoms with Crippen molar-refractivity contribution in [3.8, 4) is 0 Å². The second-order valence-corrected chi connectivity index (χ2v) is 9.18. The van der Waals surface area contributed by atoms with Crippen molar-refractivity contribution >= 4 is 17.5 Å². The minimum Gasteiger partial charge on any atom is -0.337 e. The van der Waals surface area contributed by atoms with Crippen LogP contribution >= 0.6 is 0 Å². The lowest BCUT2D eigenvalue weighted by molar-refractivity contribution is -0.137. The monoisotopic (exact) mass is 460 g/mol. The van der Waals surface area contributed by atoms with Crippen molar-refractivity contribution in [2.24, 2.45) is 5.73 Å². The van der Waals surface area contributed by atoms with Gasteiger partial charge in [-0.3, -0.25) is 14.6 Å². The molecule has 0 radical (unpaired) electrons. The number of hydrogen-bond donors (Lipinski definition) is 2. The van der Waals surface area contributed by atoms with E-state index in [1.807, 2.05) is 30.9 Å². The number of halogens is 1. The summed E-state index contributed by atoms with van der Waals surface area (Å²) in [6.45, 7) is 4.35. The average Bonchev–Trinajstić information content (AvgIpc) is 3.34. The van der Waals surface area contributed by atoms with Crippen molar-refractivity contribution < 1.29 is 14.0 Å². The van der Waals surface area contributed by atoms with Crippen molar-refractivity contribution in [2.45, 2.75) is 44.2 Å². The van der Waals surface area contributed by atoms with Gasteiger partial charge in [-0.1, -0.05) is 24.3 Å². The molecule has 2 heterocycles. The van der Waals surface area contributed by atoms with Crippen molar-refractivity contribution in [1.29, 1.82) is 0 Å². The number of aromatic nitrogens is 1. The molecular weight excluding hydrogens is 431 g/mol. The third-order valence-electron chi connectivity index (χ3n) is 6.57. The molecule has 7 heteroatoms. The van der Waals surface area contributed by atoms with Crippen LogP contribution in [0.3, 0.4) is 0 Å². The number of nitrogens with two attached hydrogens (primary N) is 1. The van der Waals surface area contributed by atoms with Gasteiger partial charge in [0.25, 0.3) is 5.91 Å². The van der Waals surface area contributed by atoms with Gasteiger partial charge in [-0.05, 0) is 74.2 Å². The summed E-state index contributed by atoms with van der Waals surface area (Å²) >= 11 is 0. The Labute approximate surface area is 199 Å². The van der Waals surface area contributed by atoms with E-state index in [4.69, 9.17) is 5.73 Å². The highest BCUT2D eigenvalue weighted by atomic mass is 19.1. The first-order valence-electron chi connectivity index (χ1n) is 11.4. The molecular formula is C27H29FN4O2. The van der Waals surface area contributed by atoms with Crippen LogP contribution in [0.5, 0.6) is 0 Å². The lowest BCUT2D eigenvalue weighted by Crippen LogP contribution is -2.49. The van der Waals surface area contributed by atoms with Crippen LogP contribution in [0, 0.1) is 5.82 Å². The first kappa shape index (κ1) is 23.6. The number of anilines is 1. The molecule has 1 saturated heterocycles. The smallest absolute Gasteiger partial charge is 0.255 e. The number of benzene rings is 2. The maximum Gasteiger partial charge on any atom is 0.255 e. The van der Waals surface area contributed by atoms with Crippen LogP contribution in [-0.2, 0) is 10.2 Å². The second kappa shape index (κ2) is 9.73. The summed E-state index contributed by atoms with van der Waals surface area (Å²) in [6, 6.07) is 16.2. The lowest BCUT2D eigenvalue weighted by atomic mass is 9.82. The fourth-order valence-electron chi connectivity index (χ4n) is 4.48. The molecule has 2 amide bonds. The molecule has 1 aliphatic heterocycles. The van der Waals surface area contributed by atoms with E-state index >= 15 is 0 Å². The van der Waals surface area contributed by atoms with E-state index in [0.717, 1.165) is 24.0 Å². The van der Waals surface area contributed by atoms with Crippen LogP contribution in [0.4, 0.5) is 10.1 Å². The summed E-state index contributed by atoms with van der Waals surface area (Å²) in [6.07, 6.45) is 4.90. The molecule has 0 bridgehead atoms. The Kier molecular flexibility index (Phi) is 6.75. The van der Waals surface area contributed by atoms with E-state index < -0.39 is 5.41 Å². The predicted octanol–water partition coefficient (Wildman–Crippen LogP) is 4.44. The molecule has 1 fully saturated rings. The van der Waals surface area contributed by atoms with E-state index in [1.54, 1.807) is 48.8 Å². The van der Waals surface area contributed by atoms with Gasteiger partial charge in [0.05, 0.1) is 17.5 Å². The van der Waals surface area contributed by atoms with Gasteiger partial charge in [-0.15, -0.1) is 0 Å². The standard InChI is InChI=1S/C27H29FN4O2/c1-27(2,20-9-11-21(28)12-10-20)26(34)32-17-3-4-23(32)24(29)18-5-7-19(8-6-18)25(33)31-22-13-15-30-16-14-22/h5-16,23-24H,3-4,17,29H2,1-2H3,(H,30,31,33). The van der Waals surface area contributed by atoms with E-state index in [-0.39, 0.29) is 29.7 Å². The Hall–Kier alpha value is -3.58. The van der Waals surface area contributed by atoms with E-state index in [0.29, 0.717) is 17.8 Å². The molecule has 2 unspecified atom stereocenters. The number of nitrogens with zero attached hydrogens (tertiary/aromatic N) is 2. The molecule has 34 heavy (non-hydrogen) atoms. The molecule has 0 saturated carbocycles. The third kappa shape index (κ3) is 4.84. The quantitative estimate of drug-likeness (QED) is 0.569. The summed E-state index contributed by atoms with van der Waals surface area (Å²) in [5.41, 5.74) is 8.65. The van der Waals surface area contributed by atoms with Crippen molar-refractivity contribution in [3.63, 3.8) is 0 Å². The molecule has 176 valence electrons. The van der Waals surface area contributed by atoms with Gasteiger partial charge in [-0.25, -0.2) is 4.39 Å². The van der Waals surface area contributed by atoms with Gasteiger partial charge in [0.2, 0.25) is 5.91 Å². The first-order valence-corrected chi connectivity index (χ1v) is 11.4. The highest BCUT2D eigenvalue weighted by Crippen LogP contribution is 2.34. The number of carbonyl (C=O) groups excluding carboxylic acids is 2. The molecule has 1 aliphatic rings. The summed E-state index contributed by atoms with van der Waals surface area (Å²) in [5.74, 6) is -0.568. The first-order chi connectivity index (χ1) is 16.3. The number of likely N-dealkylation sites (tertiary alicyclic amines) is 1. The summed E-state index contributed by atoms with van der Waals surface area (Å²) in [7, 11) is 0. The van der Waals surface area contributed by atoms with Crippen molar-refractivity contribution in [2.75, 3.05) is 11.9 Å². The topological polar surface area (TPSA) is 88.3 Å². The molecule has 2 aromatic carbocycles. The number of pyridine rings is 1. The Morgan fingerprint density at radius 3 is 2.35 bits per heavy atom. The van der Waals surface area contributed by atoms with Crippen LogP contribution in [0.1, 0.15) is 54.2 Å². The number of hydrogen-bond acceptors (Lipinski definition) is 4. The summed E-state index contributed by atoms with van der Waals surface area (Å²) in [4.78, 5) is 31.9. The molecule has 3 aromatic rings. The maximum atomic E-state index is 13.5. The fourth-order valence-corrected chi connectivity index (χ4v) is 4.48. The van der Waals surface area contributed by atoms with Gasteiger partial charge < -0.3 is 16.0 Å². The van der Waals surface area contributed by atoms with Crippen LogP contribution in [0.15, 0.2) is 73.1 Å². The molecule has 0 spiro atoms. The second-order valence-electron chi connectivity index (χ2n) is 9.18. The zero-order chi connectivity index (χ0) is 24.3. The average molecular weight is 461 g/mol. The number of rotatable bonds is 6. The number of carbonyl (C=O) groups is 2. The van der Waals surface area contributed by atoms with Crippen LogP contribution in [-0.4, -0.2) is 34.3 Å². The Balaban J connectivity index is 1.47. The van der Waals surface area contributed by atoms with Crippen LogP contribution < -0.4 is 11.1 Å². The predicted molar refractivity (Wildman–Crippen MR) is 130 cm³/mol. The Morgan fingerprint density at radius 2 is 1.71 bits per heavy atom. The van der Waals surface area contributed by atoms with Crippen LogP contribution in [0.25, 0.3) is 0 Å². The molecule has 3 N–H and O–H groups in total. The minimum absolute atomic E-state index is 0.0228. The van der Waals surface area contributed by atoms with Gasteiger partial charge in [0, 0.05) is 30.2 Å². The largest absolute Gasteiger partial charge is 0.337 e. The van der Waals surface area contributed by atoms with Crippen molar-refractivity contribution in [1.82, 2.24) is 9.88 Å². The highest BCUT2D eigenvalue weighted by molar-refractivity contribution is 6.04. The van der Waals surface area contributed by atoms with E-state index in [1.165, 1.54) is 12.1 Å². The third-order valence-corrected chi connectivity index (χ3v) is 6.57. The zero-order valence-electron chi connectivity index (χ0n) is 19.4. The number of nitrogens with one attached hydrogen (secondary N) is 1. The molecule has 0 aliphatic carbocycles. The normalized spacial score (nSPS) is 16.8. The molecule has 4 rings (SSSR count). The van der Waals surface area contributed by atoms with Crippen molar-refractivity contribution in [3.05, 3.63) is 95.6 Å². The highest BCUT2D eigenvalue weighted by Gasteiger charge is 2.41. The zero-order valence-corrected chi connectivity index (χ0v) is 19.4. The summed E-state index contributed by atoms with van der Waals surface area (Å²) < 4.78 is 13.4. The van der Waals surface area contributed by atoms with Crippen LogP contribution in [0.2, 0.25) is 0 Å². The Morgan fingerprint density at radius 1 is 1.06 bits per heavy atom. The van der Waals surface area contributed by atoms with E-state index in [9.17, 15) is 14.0 Å². The fraction of sp³-hybridized carbons (Fsp3) is 0.296. The van der Waals surface area contributed by atoms with E-state index in [2.05, 4.69) is 10.3 Å². The number of amides is 2. The lowest BCUT2D eigenvalue weighted by Gasteiger charge is -2.36. The van der Waals surface area contributed by atoms with Gasteiger partial charge in [0.15, 0.2) is 0 Å². The minimum atomic E-state index is -0.801. The van der Waals surface area contributed by atoms with Gasteiger partial charge >= 0.3 is 0 Å². The van der Waals surface area contributed by atoms with Gasteiger partial charge in [-0.2, -0.15) is 0 Å². The molecule has 2 atom stereocenters. The Bertz CT molecular complexity index is 1150. The molecule has 1 aromatic heterocycles. The van der Waals surface area contributed by atoms with Gasteiger partial charge in [0.1, 0.15) is 5.82 Å². The molecule has 6 nitrogen and oxygen atoms in total.